The molecule has 0 aliphatic carbocycles. The van der Waals surface area contributed by atoms with Crippen LogP contribution in [0.5, 0.6) is 0 Å². The number of pyridine rings is 1. The molecule has 0 atom stereocenters. The first-order valence-electron chi connectivity index (χ1n) is 6.58. The second-order valence-electron chi connectivity index (χ2n) is 4.15. The van der Waals surface area contributed by atoms with Crippen LogP contribution in [0.1, 0.15) is 42.7 Å². The summed E-state index contributed by atoms with van der Waals surface area (Å²) in [5.74, 6) is 5.24. The van der Waals surface area contributed by atoms with Crippen molar-refractivity contribution in [3.05, 3.63) is 29.6 Å². The maximum absolute atomic E-state index is 12.4. The SMILES string of the molecule is CCCN(CCC)C(=O)c1ncccc1C#CCO. The third-order valence-electron chi connectivity index (χ3n) is 2.59. The van der Waals surface area contributed by atoms with Crippen LogP contribution in [0.25, 0.3) is 0 Å². The maximum atomic E-state index is 12.4. The minimum atomic E-state index is -0.226. The highest BCUT2D eigenvalue weighted by Crippen LogP contribution is 2.09. The third kappa shape index (κ3) is 4.38. The summed E-state index contributed by atoms with van der Waals surface area (Å²) in [5, 5.41) is 8.75. The van der Waals surface area contributed by atoms with Gasteiger partial charge in [-0.1, -0.05) is 25.7 Å². The summed E-state index contributed by atoms with van der Waals surface area (Å²) in [4.78, 5) is 18.4. The molecular formula is C15H20N2O2. The Morgan fingerprint density at radius 2 is 2.05 bits per heavy atom. The van der Waals surface area contributed by atoms with Crippen molar-refractivity contribution >= 4 is 5.91 Å². The Morgan fingerprint density at radius 1 is 1.37 bits per heavy atom. The first-order valence-corrected chi connectivity index (χ1v) is 6.58. The Bertz CT molecular complexity index is 469. The number of amides is 1. The van der Waals surface area contributed by atoms with Crippen LogP contribution < -0.4 is 0 Å². The summed E-state index contributed by atoms with van der Waals surface area (Å²) in [6.45, 7) is 5.30. The molecule has 1 N–H and O–H groups in total. The molecule has 1 aromatic rings. The van der Waals surface area contributed by atoms with Crippen molar-refractivity contribution < 1.29 is 9.90 Å². The van der Waals surface area contributed by atoms with Gasteiger partial charge in [0, 0.05) is 19.3 Å². The molecule has 0 saturated carbocycles. The lowest BCUT2D eigenvalue weighted by Gasteiger charge is -2.21. The molecule has 4 nitrogen and oxygen atoms in total. The lowest BCUT2D eigenvalue weighted by molar-refractivity contribution is 0.0749. The van der Waals surface area contributed by atoms with Crippen molar-refractivity contribution in [3.63, 3.8) is 0 Å². The largest absolute Gasteiger partial charge is 0.384 e. The minimum Gasteiger partial charge on any atom is -0.384 e. The predicted molar refractivity (Wildman–Crippen MR) is 74.7 cm³/mol. The summed E-state index contributed by atoms with van der Waals surface area (Å²) >= 11 is 0. The predicted octanol–water partition coefficient (Wildman–Crippen LogP) is 1.69. The quantitative estimate of drug-likeness (QED) is 0.820. The van der Waals surface area contributed by atoms with Crippen LogP contribution in [0.2, 0.25) is 0 Å². The van der Waals surface area contributed by atoms with E-state index in [4.69, 9.17) is 5.11 Å². The molecule has 1 aromatic heterocycles. The Labute approximate surface area is 114 Å². The third-order valence-corrected chi connectivity index (χ3v) is 2.59. The maximum Gasteiger partial charge on any atom is 0.273 e. The first-order chi connectivity index (χ1) is 9.24. The van der Waals surface area contributed by atoms with Crippen LogP contribution >= 0.6 is 0 Å². The van der Waals surface area contributed by atoms with Crippen LogP contribution in [0.3, 0.4) is 0 Å². The van der Waals surface area contributed by atoms with Gasteiger partial charge >= 0.3 is 0 Å². The van der Waals surface area contributed by atoms with Gasteiger partial charge in [0.25, 0.3) is 5.91 Å². The van der Waals surface area contributed by atoms with E-state index in [1.807, 2.05) is 13.8 Å². The standard InChI is InChI=1S/C15H20N2O2/c1-3-10-17(11-4-2)15(19)14-13(8-6-12-18)7-5-9-16-14/h5,7,9,18H,3-4,10-12H2,1-2H3. The van der Waals surface area contributed by atoms with Crippen molar-refractivity contribution in [1.29, 1.82) is 0 Å². The van der Waals surface area contributed by atoms with E-state index >= 15 is 0 Å². The fourth-order valence-corrected chi connectivity index (χ4v) is 1.82. The zero-order valence-electron chi connectivity index (χ0n) is 11.5. The highest BCUT2D eigenvalue weighted by Gasteiger charge is 2.18. The number of rotatable bonds is 5. The van der Waals surface area contributed by atoms with Crippen LogP contribution in [0.4, 0.5) is 0 Å². The molecule has 19 heavy (non-hydrogen) atoms. The fraction of sp³-hybridized carbons (Fsp3) is 0.467. The molecular weight excluding hydrogens is 240 g/mol. The average Bonchev–Trinajstić information content (AvgIpc) is 2.44. The number of hydrogen-bond donors (Lipinski definition) is 1. The molecule has 4 heteroatoms. The molecule has 0 unspecified atom stereocenters. The Morgan fingerprint density at radius 3 is 2.63 bits per heavy atom. The molecule has 1 heterocycles. The lowest BCUT2D eigenvalue weighted by Crippen LogP contribution is -2.33. The second-order valence-corrected chi connectivity index (χ2v) is 4.15. The van der Waals surface area contributed by atoms with E-state index in [0.717, 1.165) is 25.9 Å². The van der Waals surface area contributed by atoms with Crippen LogP contribution in [-0.4, -0.2) is 40.6 Å². The molecule has 102 valence electrons. The number of carbonyl (C=O) groups excluding carboxylic acids is 1. The Kier molecular flexibility index (Phi) is 6.62. The monoisotopic (exact) mass is 260 g/mol. The summed E-state index contributed by atoms with van der Waals surface area (Å²) in [5.41, 5.74) is 0.934. The van der Waals surface area contributed by atoms with E-state index < -0.39 is 0 Å². The first kappa shape index (κ1) is 15.2. The van der Waals surface area contributed by atoms with Crippen LogP contribution in [0, 0.1) is 11.8 Å². The topological polar surface area (TPSA) is 53.4 Å². The molecule has 0 aliphatic rings. The van der Waals surface area contributed by atoms with Crippen molar-refractivity contribution in [2.24, 2.45) is 0 Å². The van der Waals surface area contributed by atoms with E-state index in [1.165, 1.54) is 0 Å². The lowest BCUT2D eigenvalue weighted by atomic mass is 10.1. The van der Waals surface area contributed by atoms with E-state index in [-0.39, 0.29) is 12.5 Å². The summed E-state index contributed by atoms with van der Waals surface area (Å²) in [6.07, 6.45) is 3.42. The van der Waals surface area contributed by atoms with Gasteiger partial charge in [0.2, 0.25) is 0 Å². The number of nitrogens with zero attached hydrogens (tertiary/aromatic N) is 2. The van der Waals surface area contributed by atoms with Gasteiger partial charge in [0.1, 0.15) is 12.3 Å². The van der Waals surface area contributed by atoms with Gasteiger partial charge in [0.15, 0.2) is 0 Å². The number of aromatic nitrogens is 1. The smallest absolute Gasteiger partial charge is 0.273 e. The van der Waals surface area contributed by atoms with E-state index in [1.54, 1.807) is 23.2 Å². The minimum absolute atomic E-state index is 0.0912. The van der Waals surface area contributed by atoms with Crippen LogP contribution in [0.15, 0.2) is 18.3 Å². The van der Waals surface area contributed by atoms with Crippen molar-refractivity contribution in [2.45, 2.75) is 26.7 Å². The molecule has 0 bridgehead atoms. The van der Waals surface area contributed by atoms with Gasteiger partial charge in [-0.3, -0.25) is 4.79 Å². The van der Waals surface area contributed by atoms with Gasteiger partial charge in [-0.05, 0) is 25.0 Å². The molecule has 1 amide bonds. The molecule has 1 rings (SSSR count). The number of aliphatic hydroxyl groups excluding tert-OH is 1. The van der Waals surface area contributed by atoms with Crippen molar-refractivity contribution in [1.82, 2.24) is 9.88 Å². The number of aliphatic hydroxyl groups is 1. The van der Waals surface area contributed by atoms with Crippen LogP contribution in [-0.2, 0) is 0 Å². The normalized spacial score (nSPS) is 9.63. The highest BCUT2D eigenvalue weighted by molar-refractivity contribution is 5.94. The second kappa shape index (κ2) is 8.28. The number of carbonyl (C=O) groups is 1. The van der Waals surface area contributed by atoms with Gasteiger partial charge in [0.05, 0.1) is 5.56 Å². The highest BCUT2D eigenvalue weighted by atomic mass is 16.2. The molecule has 0 saturated heterocycles. The van der Waals surface area contributed by atoms with E-state index in [2.05, 4.69) is 16.8 Å². The van der Waals surface area contributed by atoms with Gasteiger partial charge < -0.3 is 10.0 Å². The van der Waals surface area contributed by atoms with E-state index in [0.29, 0.717) is 11.3 Å². The van der Waals surface area contributed by atoms with Gasteiger partial charge in [-0.2, -0.15) is 0 Å². The molecule has 0 radical (unpaired) electrons. The Hall–Kier alpha value is -1.86. The average molecular weight is 260 g/mol. The Balaban J connectivity index is 3.03. The summed E-state index contributed by atoms with van der Waals surface area (Å²) in [7, 11) is 0. The van der Waals surface area contributed by atoms with Gasteiger partial charge in [-0.25, -0.2) is 4.98 Å². The summed E-state index contributed by atoms with van der Waals surface area (Å²) in [6, 6.07) is 3.49. The van der Waals surface area contributed by atoms with Crippen molar-refractivity contribution in [2.75, 3.05) is 19.7 Å². The zero-order chi connectivity index (χ0) is 14.1. The molecule has 0 fully saturated rings. The molecule has 0 aliphatic heterocycles. The van der Waals surface area contributed by atoms with E-state index in [9.17, 15) is 4.79 Å². The van der Waals surface area contributed by atoms with Crippen molar-refractivity contribution in [3.8, 4) is 11.8 Å². The number of hydrogen-bond acceptors (Lipinski definition) is 3. The zero-order valence-corrected chi connectivity index (χ0v) is 11.5. The molecule has 0 spiro atoms. The van der Waals surface area contributed by atoms with Gasteiger partial charge in [-0.15, -0.1) is 0 Å². The molecule has 0 aromatic carbocycles. The summed E-state index contributed by atoms with van der Waals surface area (Å²) < 4.78 is 0. The fourth-order valence-electron chi connectivity index (χ4n) is 1.82.